The van der Waals surface area contributed by atoms with Gasteiger partial charge in [0.1, 0.15) is 17.4 Å². The maximum atomic E-state index is 12.1. The van der Waals surface area contributed by atoms with Crippen LogP contribution in [0.15, 0.2) is 36.5 Å². The summed E-state index contributed by atoms with van der Waals surface area (Å²) in [6.45, 7) is 5.58. The topological polar surface area (TPSA) is 58.6 Å². The van der Waals surface area contributed by atoms with Gasteiger partial charge >= 0.3 is 0 Å². The first-order valence-corrected chi connectivity index (χ1v) is 8.05. The van der Waals surface area contributed by atoms with Crippen LogP contribution in [0.2, 0.25) is 0 Å². The molecule has 0 unspecified atom stereocenters. The summed E-state index contributed by atoms with van der Waals surface area (Å²) in [7, 11) is 1.66. The number of ether oxygens (including phenoxy) is 1. The highest BCUT2D eigenvalue weighted by atomic mass is 16.5. The van der Waals surface area contributed by atoms with Gasteiger partial charge < -0.3 is 14.5 Å². The molecule has 1 saturated heterocycles. The number of rotatable bonds is 3. The number of carbonyl (C=O) groups is 1. The predicted molar refractivity (Wildman–Crippen MR) is 92.1 cm³/mol. The van der Waals surface area contributed by atoms with E-state index in [1.807, 2.05) is 42.2 Å². The van der Waals surface area contributed by atoms with Gasteiger partial charge in [-0.05, 0) is 19.1 Å². The lowest BCUT2D eigenvalue weighted by Crippen LogP contribution is -2.50. The van der Waals surface area contributed by atoms with Gasteiger partial charge in [-0.1, -0.05) is 18.2 Å². The second-order valence-corrected chi connectivity index (χ2v) is 5.88. The summed E-state index contributed by atoms with van der Waals surface area (Å²) in [6.07, 6.45) is 1.77. The summed E-state index contributed by atoms with van der Waals surface area (Å²) in [5.41, 5.74) is 1.02. The minimum Gasteiger partial charge on any atom is -0.496 e. The normalized spacial score (nSPS) is 17.7. The van der Waals surface area contributed by atoms with E-state index >= 15 is 0 Å². The van der Waals surface area contributed by atoms with Gasteiger partial charge in [0.25, 0.3) is 0 Å². The number of aryl methyl sites for hydroxylation is 1. The van der Waals surface area contributed by atoms with E-state index in [0.717, 1.165) is 29.5 Å². The van der Waals surface area contributed by atoms with Crippen molar-refractivity contribution >= 4 is 11.7 Å². The Balaban J connectivity index is 1.94. The van der Waals surface area contributed by atoms with Crippen LogP contribution in [0.3, 0.4) is 0 Å². The Hall–Kier alpha value is -2.63. The molecule has 126 valence electrons. The Morgan fingerprint density at radius 1 is 1.25 bits per heavy atom. The van der Waals surface area contributed by atoms with Gasteiger partial charge in [-0.25, -0.2) is 9.97 Å². The summed E-state index contributed by atoms with van der Waals surface area (Å²) in [5.74, 6) is 2.51. The molecule has 0 saturated carbocycles. The van der Waals surface area contributed by atoms with Crippen LogP contribution < -0.4 is 9.64 Å². The summed E-state index contributed by atoms with van der Waals surface area (Å²) >= 11 is 0. The van der Waals surface area contributed by atoms with Crippen molar-refractivity contribution in [3.8, 4) is 5.75 Å². The number of carbonyl (C=O) groups excluding carboxylic acids is 1. The molecule has 0 radical (unpaired) electrons. The van der Waals surface area contributed by atoms with E-state index in [1.165, 1.54) is 0 Å². The maximum Gasteiger partial charge on any atom is 0.220 e. The highest BCUT2D eigenvalue weighted by Crippen LogP contribution is 2.33. The largest absolute Gasteiger partial charge is 0.496 e. The van der Waals surface area contributed by atoms with Crippen LogP contribution >= 0.6 is 0 Å². The molecule has 3 rings (SSSR count). The Kier molecular flexibility index (Phi) is 4.64. The van der Waals surface area contributed by atoms with Gasteiger partial charge in [0.05, 0.1) is 13.2 Å². The lowest BCUT2D eigenvalue weighted by atomic mass is 10.0. The molecule has 0 aliphatic carbocycles. The van der Waals surface area contributed by atoms with Crippen LogP contribution in [-0.2, 0) is 4.79 Å². The molecule has 0 spiro atoms. The smallest absolute Gasteiger partial charge is 0.220 e. The first-order chi connectivity index (χ1) is 11.6. The predicted octanol–water partition coefficient (Wildman–Crippen LogP) is 2.20. The molecule has 2 heterocycles. The zero-order valence-corrected chi connectivity index (χ0v) is 14.3. The molecular weight excluding hydrogens is 304 g/mol. The van der Waals surface area contributed by atoms with Crippen molar-refractivity contribution in [2.24, 2.45) is 0 Å². The molecule has 0 bridgehead atoms. The van der Waals surface area contributed by atoms with Gasteiger partial charge in [0.15, 0.2) is 0 Å². The van der Waals surface area contributed by atoms with Crippen LogP contribution in [0.4, 0.5) is 5.82 Å². The Morgan fingerprint density at radius 2 is 2.04 bits per heavy atom. The first-order valence-electron chi connectivity index (χ1n) is 8.05. The fraction of sp³-hybridized carbons (Fsp3) is 0.389. The number of nitrogens with zero attached hydrogens (tertiary/aromatic N) is 4. The average Bonchev–Trinajstić information content (AvgIpc) is 2.61. The molecule has 1 aliphatic heterocycles. The Labute approximate surface area is 142 Å². The molecule has 0 N–H and O–H groups in total. The SMILES string of the molecule is COc1ccccc1[C@@H]1CN(c2ccnc(C)n2)CCN1C(C)=O. The van der Waals surface area contributed by atoms with Crippen molar-refractivity contribution in [3.05, 3.63) is 47.9 Å². The van der Waals surface area contributed by atoms with Crippen molar-refractivity contribution in [2.45, 2.75) is 19.9 Å². The third kappa shape index (κ3) is 3.18. The van der Waals surface area contributed by atoms with Crippen molar-refractivity contribution < 1.29 is 9.53 Å². The van der Waals surface area contributed by atoms with Crippen LogP contribution in [-0.4, -0.2) is 47.5 Å². The zero-order valence-electron chi connectivity index (χ0n) is 14.3. The van der Waals surface area contributed by atoms with Crippen molar-refractivity contribution in [2.75, 3.05) is 31.6 Å². The van der Waals surface area contributed by atoms with Crippen LogP contribution in [0, 0.1) is 6.92 Å². The maximum absolute atomic E-state index is 12.1. The first kappa shape index (κ1) is 16.2. The molecule has 24 heavy (non-hydrogen) atoms. The van der Waals surface area contributed by atoms with E-state index in [4.69, 9.17) is 4.74 Å². The summed E-state index contributed by atoms with van der Waals surface area (Å²) < 4.78 is 5.50. The third-order valence-electron chi connectivity index (χ3n) is 4.37. The van der Waals surface area contributed by atoms with E-state index in [0.29, 0.717) is 13.1 Å². The second-order valence-electron chi connectivity index (χ2n) is 5.88. The molecule has 1 aromatic heterocycles. The molecule has 2 aromatic rings. The molecule has 1 amide bonds. The van der Waals surface area contributed by atoms with E-state index in [1.54, 1.807) is 20.2 Å². The number of hydrogen-bond acceptors (Lipinski definition) is 5. The van der Waals surface area contributed by atoms with E-state index in [-0.39, 0.29) is 11.9 Å². The summed E-state index contributed by atoms with van der Waals surface area (Å²) in [5, 5.41) is 0. The fourth-order valence-electron chi connectivity index (χ4n) is 3.20. The van der Waals surface area contributed by atoms with Gasteiger partial charge in [0, 0.05) is 38.3 Å². The number of para-hydroxylation sites is 1. The average molecular weight is 326 g/mol. The number of aromatic nitrogens is 2. The Bertz CT molecular complexity index is 734. The molecular formula is C18H22N4O2. The van der Waals surface area contributed by atoms with E-state index < -0.39 is 0 Å². The highest BCUT2D eigenvalue weighted by Gasteiger charge is 2.32. The van der Waals surface area contributed by atoms with Gasteiger partial charge in [0.2, 0.25) is 5.91 Å². The monoisotopic (exact) mass is 326 g/mol. The summed E-state index contributed by atoms with van der Waals surface area (Å²) in [6, 6.07) is 9.71. The molecule has 6 heteroatoms. The minimum atomic E-state index is -0.0670. The molecule has 1 fully saturated rings. The van der Waals surface area contributed by atoms with Crippen molar-refractivity contribution in [3.63, 3.8) is 0 Å². The van der Waals surface area contributed by atoms with Crippen LogP contribution in [0.25, 0.3) is 0 Å². The zero-order chi connectivity index (χ0) is 17.1. The van der Waals surface area contributed by atoms with E-state index in [9.17, 15) is 4.79 Å². The second kappa shape index (κ2) is 6.86. The van der Waals surface area contributed by atoms with Crippen molar-refractivity contribution in [1.82, 2.24) is 14.9 Å². The third-order valence-corrected chi connectivity index (χ3v) is 4.37. The minimum absolute atomic E-state index is 0.0670. The number of anilines is 1. The van der Waals surface area contributed by atoms with Crippen molar-refractivity contribution in [1.29, 1.82) is 0 Å². The fourth-order valence-corrected chi connectivity index (χ4v) is 3.20. The number of piperazine rings is 1. The number of hydrogen-bond donors (Lipinski definition) is 0. The molecule has 1 aromatic carbocycles. The standard InChI is InChI=1S/C18H22N4O2/c1-13-19-9-8-18(20-13)21-10-11-22(14(2)23)16(12-21)15-6-4-5-7-17(15)24-3/h4-9,16H,10-12H2,1-3H3/t16-/m0/s1. The number of benzene rings is 1. The quantitative estimate of drug-likeness (QED) is 0.865. The molecule has 6 nitrogen and oxygen atoms in total. The van der Waals surface area contributed by atoms with Gasteiger partial charge in [-0.15, -0.1) is 0 Å². The van der Waals surface area contributed by atoms with Gasteiger partial charge in [-0.2, -0.15) is 0 Å². The lowest BCUT2D eigenvalue weighted by molar-refractivity contribution is -0.131. The Morgan fingerprint density at radius 3 is 2.75 bits per heavy atom. The molecule has 1 atom stereocenters. The van der Waals surface area contributed by atoms with Crippen LogP contribution in [0.1, 0.15) is 24.4 Å². The highest BCUT2D eigenvalue weighted by molar-refractivity contribution is 5.74. The lowest BCUT2D eigenvalue weighted by Gasteiger charge is -2.42. The number of methoxy groups -OCH3 is 1. The summed E-state index contributed by atoms with van der Waals surface area (Å²) in [4.78, 5) is 24.9. The number of amides is 1. The molecule has 1 aliphatic rings. The van der Waals surface area contributed by atoms with Crippen LogP contribution in [0.5, 0.6) is 5.75 Å². The van der Waals surface area contributed by atoms with Gasteiger partial charge in [-0.3, -0.25) is 4.79 Å². The van der Waals surface area contributed by atoms with E-state index in [2.05, 4.69) is 14.9 Å².